The predicted molar refractivity (Wildman–Crippen MR) is 139 cm³/mol. The Morgan fingerprint density at radius 1 is 0.838 bits per heavy atom. The molecular weight excluding hydrogens is 500 g/mol. The fourth-order valence-electron chi connectivity index (χ4n) is 3.54. The van der Waals surface area contributed by atoms with Crippen molar-refractivity contribution in [2.24, 2.45) is 0 Å². The number of esters is 1. The smallest absolute Gasteiger partial charge is 0.343 e. The molecule has 0 atom stereocenters. The number of halogens is 1. The van der Waals surface area contributed by atoms with Crippen molar-refractivity contribution in [1.29, 1.82) is 0 Å². The molecule has 0 radical (unpaired) electrons. The van der Waals surface area contributed by atoms with Gasteiger partial charge in [0.1, 0.15) is 23.3 Å². The summed E-state index contributed by atoms with van der Waals surface area (Å²) in [5.74, 6) is 1.01. The van der Waals surface area contributed by atoms with E-state index in [2.05, 4.69) is 0 Å². The van der Waals surface area contributed by atoms with Crippen LogP contribution in [0, 0.1) is 0 Å². The van der Waals surface area contributed by atoms with Gasteiger partial charge < -0.3 is 28.1 Å². The van der Waals surface area contributed by atoms with Gasteiger partial charge in [-0.1, -0.05) is 23.7 Å². The summed E-state index contributed by atoms with van der Waals surface area (Å²) in [6.45, 7) is 6.64. The fourth-order valence-corrected chi connectivity index (χ4v) is 3.72. The summed E-state index contributed by atoms with van der Waals surface area (Å²) in [4.78, 5) is 25.9. The second kappa shape index (κ2) is 11.7. The molecule has 9 heteroatoms. The molecule has 0 bridgehead atoms. The van der Waals surface area contributed by atoms with E-state index in [4.69, 9.17) is 39.7 Å². The zero-order valence-electron chi connectivity index (χ0n) is 20.5. The molecule has 1 aromatic heterocycles. The maximum atomic E-state index is 13.0. The minimum Gasteiger partial charge on any atom is -0.490 e. The van der Waals surface area contributed by atoms with Gasteiger partial charge in [0.05, 0.1) is 35.8 Å². The Balaban J connectivity index is 1.61. The van der Waals surface area contributed by atoms with Crippen LogP contribution in [0.3, 0.4) is 0 Å². The first-order chi connectivity index (χ1) is 17.9. The third kappa shape index (κ3) is 5.81. The summed E-state index contributed by atoms with van der Waals surface area (Å²) in [6, 6.07) is 14.3. The van der Waals surface area contributed by atoms with E-state index in [9.17, 15) is 9.59 Å². The van der Waals surface area contributed by atoms with Crippen LogP contribution in [0.5, 0.6) is 34.5 Å². The lowest BCUT2D eigenvalue weighted by molar-refractivity contribution is 0.0733. The average Bonchev–Trinajstić information content (AvgIpc) is 2.89. The largest absolute Gasteiger partial charge is 0.490 e. The van der Waals surface area contributed by atoms with Crippen LogP contribution in [0.2, 0.25) is 5.02 Å². The van der Waals surface area contributed by atoms with Gasteiger partial charge >= 0.3 is 5.97 Å². The Hall–Kier alpha value is -4.17. The molecule has 37 heavy (non-hydrogen) atoms. The third-order valence-corrected chi connectivity index (χ3v) is 5.44. The minimum absolute atomic E-state index is 0.0216. The summed E-state index contributed by atoms with van der Waals surface area (Å²) in [7, 11) is 0. The van der Waals surface area contributed by atoms with Gasteiger partial charge in [0, 0.05) is 6.07 Å². The van der Waals surface area contributed by atoms with Crippen LogP contribution in [-0.4, -0.2) is 25.8 Å². The molecule has 4 aromatic rings. The van der Waals surface area contributed by atoms with E-state index in [-0.39, 0.29) is 28.0 Å². The third-order valence-electron chi connectivity index (χ3n) is 5.13. The van der Waals surface area contributed by atoms with Crippen molar-refractivity contribution in [3.05, 3.63) is 81.7 Å². The Kier molecular flexibility index (Phi) is 8.20. The van der Waals surface area contributed by atoms with Gasteiger partial charge in [-0.25, -0.2) is 4.79 Å². The molecule has 0 amide bonds. The lowest BCUT2D eigenvalue weighted by Gasteiger charge is -2.16. The number of carbonyl (C=O) groups excluding carboxylic acids is 1. The second-order valence-corrected chi connectivity index (χ2v) is 8.02. The van der Waals surface area contributed by atoms with Crippen LogP contribution in [0.15, 0.2) is 70.1 Å². The first-order valence-electron chi connectivity index (χ1n) is 11.7. The average molecular weight is 525 g/mol. The van der Waals surface area contributed by atoms with Gasteiger partial charge in [-0.15, -0.1) is 0 Å². The van der Waals surface area contributed by atoms with Crippen molar-refractivity contribution in [2.75, 3.05) is 19.8 Å². The van der Waals surface area contributed by atoms with Crippen LogP contribution in [-0.2, 0) is 0 Å². The van der Waals surface area contributed by atoms with E-state index >= 15 is 0 Å². The molecule has 0 N–H and O–H groups in total. The second-order valence-electron chi connectivity index (χ2n) is 7.61. The highest BCUT2D eigenvalue weighted by atomic mass is 35.5. The van der Waals surface area contributed by atoms with Crippen molar-refractivity contribution >= 4 is 28.5 Å². The van der Waals surface area contributed by atoms with Gasteiger partial charge in [-0.05, 0) is 57.2 Å². The molecule has 0 aliphatic carbocycles. The van der Waals surface area contributed by atoms with E-state index in [1.54, 1.807) is 36.4 Å². The van der Waals surface area contributed by atoms with Gasteiger partial charge in [0.2, 0.25) is 16.9 Å². The Morgan fingerprint density at radius 2 is 1.51 bits per heavy atom. The predicted octanol–water partition coefficient (Wildman–Crippen LogP) is 6.65. The Bertz CT molecular complexity index is 1450. The van der Waals surface area contributed by atoms with E-state index in [1.807, 2.05) is 20.8 Å². The first kappa shape index (κ1) is 25.9. The molecular formula is C28H25ClO8. The number of hydrogen-bond donors (Lipinski definition) is 0. The molecule has 8 nitrogen and oxygen atoms in total. The molecule has 3 aromatic carbocycles. The molecule has 0 saturated heterocycles. The zero-order chi connectivity index (χ0) is 26.4. The summed E-state index contributed by atoms with van der Waals surface area (Å²) in [5, 5.41) is 0.612. The number of rotatable bonds is 10. The van der Waals surface area contributed by atoms with E-state index in [1.165, 1.54) is 24.5 Å². The molecule has 0 aliphatic rings. The highest BCUT2D eigenvalue weighted by Crippen LogP contribution is 2.39. The van der Waals surface area contributed by atoms with Gasteiger partial charge in [-0.2, -0.15) is 0 Å². The Morgan fingerprint density at radius 3 is 2.16 bits per heavy atom. The summed E-state index contributed by atoms with van der Waals surface area (Å²) in [5.41, 5.74) is 0.0344. The standard InChI is InChI=1S/C28H25ClO8/c1-4-32-23-13-17(14-24(33-5-2)27(23)34-6-3)28(31)36-18-11-12-19-22(15-18)35-16-25(26(19)30)37-21-10-8-7-9-20(21)29/h7-16H,4-6H2,1-3H3. The SMILES string of the molecule is CCOc1cc(C(=O)Oc2ccc3c(=O)c(Oc4ccccc4Cl)coc3c2)cc(OCC)c1OCC. The number of fused-ring (bicyclic) bond motifs is 1. The molecule has 4 rings (SSSR count). The van der Waals surface area contributed by atoms with Gasteiger partial charge in [-0.3, -0.25) is 4.79 Å². The van der Waals surface area contributed by atoms with E-state index in [0.717, 1.165) is 0 Å². The van der Waals surface area contributed by atoms with Crippen molar-refractivity contribution in [3.8, 4) is 34.5 Å². The van der Waals surface area contributed by atoms with Crippen LogP contribution in [0.25, 0.3) is 11.0 Å². The summed E-state index contributed by atoms with van der Waals surface area (Å²) >= 11 is 6.11. The lowest BCUT2D eigenvalue weighted by Crippen LogP contribution is -2.11. The monoisotopic (exact) mass is 524 g/mol. The molecule has 1 heterocycles. The fraction of sp³-hybridized carbons (Fsp3) is 0.214. The maximum Gasteiger partial charge on any atom is 0.343 e. The maximum absolute atomic E-state index is 13.0. The highest BCUT2D eigenvalue weighted by Gasteiger charge is 2.20. The minimum atomic E-state index is -0.648. The molecule has 192 valence electrons. The highest BCUT2D eigenvalue weighted by molar-refractivity contribution is 6.32. The first-order valence-corrected chi connectivity index (χ1v) is 12.1. The molecule has 0 unspecified atom stereocenters. The van der Waals surface area contributed by atoms with Gasteiger partial charge in [0.15, 0.2) is 11.5 Å². The Labute approximate surface area is 218 Å². The van der Waals surface area contributed by atoms with E-state index < -0.39 is 11.4 Å². The van der Waals surface area contributed by atoms with Crippen LogP contribution in [0.4, 0.5) is 0 Å². The zero-order valence-corrected chi connectivity index (χ0v) is 21.3. The number of carbonyl (C=O) groups is 1. The quantitative estimate of drug-likeness (QED) is 0.168. The summed E-state index contributed by atoms with van der Waals surface area (Å²) in [6.07, 6.45) is 1.19. The van der Waals surface area contributed by atoms with Crippen molar-refractivity contribution in [3.63, 3.8) is 0 Å². The van der Waals surface area contributed by atoms with Crippen LogP contribution in [0.1, 0.15) is 31.1 Å². The van der Waals surface area contributed by atoms with Crippen LogP contribution < -0.4 is 29.1 Å². The number of ether oxygens (including phenoxy) is 5. The molecule has 0 spiro atoms. The van der Waals surface area contributed by atoms with E-state index in [0.29, 0.717) is 47.8 Å². The summed E-state index contributed by atoms with van der Waals surface area (Å²) < 4.78 is 33.8. The lowest BCUT2D eigenvalue weighted by atomic mass is 10.1. The van der Waals surface area contributed by atoms with Gasteiger partial charge in [0.25, 0.3) is 0 Å². The topological polar surface area (TPSA) is 93.4 Å². The number of hydrogen-bond acceptors (Lipinski definition) is 8. The molecule has 0 fully saturated rings. The van der Waals surface area contributed by atoms with Crippen molar-refractivity contribution < 1.29 is 32.9 Å². The number of benzene rings is 3. The van der Waals surface area contributed by atoms with Crippen molar-refractivity contribution in [2.45, 2.75) is 20.8 Å². The van der Waals surface area contributed by atoms with Crippen molar-refractivity contribution in [1.82, 2.24) is 0 Å². The molecule has 0 saturated carbocycles. The van der Waals surface area contributed by atoms with Crippen LogP contribution >= 0.6 is 11.6 Å². The molecule has 0 aliphatic heterocycles. The normalized spacial score (nSPS) is 10.7. The number of para-hydroxylation sites is 1.